The Morgan fingerprint density at radius 2 is 1.94 bits per heavy atom. The summed E-state index contributed by atoms with van der Waals surface area (Å²) in [5, 5.41) is 5.54. The smallest absolute Gasteiger partial charge is 0.0795 e. The Morgan fingerprint density at radius 3 is 2.71 bits per heavy atom. The maximum Gasteiger partial charge on any atom is 0.0795 e. The molecule has 0 amide bonds. The molecule has 2 heterocycles. The van der Waals surface area contributed by atoms with Crippen LogP contribution in [0.1, 0.15) is 5.69 Å². The van der Waals surface area contributed by atoms with Crippen molar-refractivity contribution in [1.82, 2.24) is 14.8 Å². The molecule has 0 saturated heterocycles. The van der Waals surface area contributed by atoms with Crippen molar-refractivity contribution in [2.45, 2.75) is 6.92 Å². The quantitative estimate of drug-likeness (QED) is 0.635. The minimum atomic E-state index is 1.02. The van der Waals surface area contributed by atoms with E-state index in [1.807, 2.05) is 30.9 Å². The summed E-state index contributed by atoms with van der Waals surface area (Å²) in [7, 11) is 1.96. The summed E-state index contributed by atoms with van der Waals surface area (Å²) in [6.45, 7) is 2.00. The number of aromatic nitrogens is 3. The Balaban J connectivity index is 2.34. The Hall–Kier alpha value is -2.16. The highest BCUT2D eigenvalue weighted by Crippen LogP contribution is 2.26. The van der Waals surface area contributed by atoms with Crippen LogP contribution in [0, 0.1) is 6.92 Å². The minimum absolute atomic E-state index is 1.02. The van der Waals surface area contributed by atoms with E-state index in [-0.39, 0.29) is 0 Å². The summed E-state index contributed by atoms with van der Waals surface area (Å²) in [4.78, 5) is 4.47. The van der Waals surface area contributed by atoms with Gasteiger partial charge in [0.05, 0.1) is 16.9 Å². The number of hydrogen-bond donors (Lipinski definition) is 0. The highest BCUT2D eigenvalue weighted by molar-refractivity contribution is 5.92. The number of aryl methyl sites for hydroxylation is 2. The van der Waals surface area contributed by atoms with Gasteiger partial charge in [-0.05, 0) is 19.1 Å². The SMILES string of the molecule is Cc1cc(-c2cccc3cccnc23)n(C)n1. The highest BCUT2D eigenvalue weighted by atomic mass is 15.3. The van der Waals surface area contributed by atoms with Gasteiger partial charge in [0.25, 0.3) is 0 Å². The third kappa shape index (κ3) is 1.60. The lowest BCUT2D eigenvalue weighted by Gasteiger charge is -2.05. The molecular formula is C14H13N3. The number of rotatable bonds is 1. The van der Waals surface area contributed by atoms with Crippen molar-refractivity contribution >= 4 is 10.9 Å². The molecule has 0 aliphatic heterocycles. The zero-order valence-electron chi connectivity index (χ0n) is 9.88. The van der Waals surface area contributed by atoms with Gasteiger partial charge in [0.1, 0.15) is 0 Å². The Kier molecular flexibility index (Phi) is 2.18. The fourth-order valence-corrected chi connectivity index (χ4v) is 2.17. The first-order valence-corrected chi connectivity index (χ1v) is 5.60. The standard InChI is InChI=1S/C14H13N3/c1-10-9-13(17(2)16-10)12-7-3-5-11-6-4-8-15-14(11)12/h3-9H,1-2H3. The molecular weight excluding hydrogens is 210 g/mol. The summed E-state index contributed by atoms with van der Waals surface area (Å²) in [5.74, 6) is 0. The molecule has 0 fully saturated rings. The molecule has 0 aliphatic carbocycles. The summed E-state index contributed by atoms with van der Waals surface area (Å²) in [6, 6.07) is 12.3. The molecule has 0 radical (unpaired) electrons. The molecule has 0 saturated carbocycles. The van der Waals surface area contributed by atoms with E-state index in [0.717, 1.165) is 27.9 Å². The predicted octanol–water partition coefficient (Wildman–Crippen LogP) is 2.94. The third-order valence-electron chi connectivity index (χ3n) is 2.91. The normalized spacial score (nSPS) is 10.9. The molecule has 0 spiro atoms. The van der Waals surface area contributed by atoms with Crippen LogP contribution in [-0.2, 0) is 7.05 Å². The van der Waals surface area contributed by atoms with Gasteiger partial charge in [-0.1, -0.05) is 24.3 Å². The lowest BCUT2D eigenvalue weighted by Crippen LogP contribution is -1.94. The van der Waals surface area contributed by atoms with Crippen molar-refractivity contribution in [1.29, 1.82) is 0 Å². The lowest BCUT2D eigenvalue weighted by molar-refractivity contribution is 0.764. The molecule has 3 heteroatoms. The van der Waals surface area contributed by atoms with Gasteiger partial charge in [0.15, 0.2) is 0 Å². The number of benzene rings is 1. The monoisotopic (exact) mass is 223 g/mol. The first-order valence-electron chi connectivity index (χ1n) is 5.60. The third-order valence-corrected chi connectivity index (χ3v) is 2.91. The van der Waals surface area contributed by atoms with Crippen LogP contribution in [0.4, 0.5) is 0 Å². The van der Waals surface area contributed by atoms with E-state index in [0.29, 0.717) is 0 Å². The van der Waals surface area contributed by atoms with Crippen molar-refractivity contribution in [3.63, 3.8) is 0 Å². The van der Waals surface area contributed by atoms with Gasteiger partial charge in [-0.2, -0.15) is 5.10 Å². The van der Waals surface area contributed by atoms with Crippen LogP contribution < -0.4 is 0 Å². The molecule has 0 N–H and O–H groups in total. The number of nitrogens with zero attached hydrogens (tertiary/aromatic N) is 3. The van der Waals surface area contributed by atoms with E-state index >= 15 is 0 Å². The average molecular weight is 223 g/mol. The van der Waals surface area contributed by atoms with Crippen molar-refractivity contribution in [3.05, 3.63) is 48.3 Å². The van der Waals surface area contributed by atoms with E-state index in [4.69, 9.17) is 0 Å². The zero-order valence-corrected chi connectivity index (χ0v) is 9.88. The number of para-hydroxylation sites is 1. The predicted molar refractivity (Wildman–Crippen MR) is 68.7 cm³/mol. The Morgan fingerprint density at radius 1 is 1.12 bits per heavy atom. The first kappa shape index (κ1) is 10.0. The second-order valence-corrected chi connectivity index (χ2v) is 4.18. The molecule has 3 aromatic rings. The van der Waals surface area contributed by atoms with Gasteiger partial charge in [-0.15, -0.1) is 0 Å². The molecule has 17 heavy (non-hydrogen) atoms. The van der Waals surface area contributed by atoms with Crippen molar-refractivity contribution in [3.8, 4) is 11.3 Å². The van der Waals surface area contributed by atoms with Crippen molar-refractivity contribution < 1.29 is 0 Å². The zero-order chi connectivity index (χ0) is 11.8. The number of fused-ring (bicyclic) bond motifs is 1. The highest BCUT2D eigenvalue weighted by Gasteiger charge is 2.09. The molecule has 84 valence electrons. The van der Waals surface area contributed by atoms with Crippen LogP contribution in [0.15, 0.2) is 42.6 Å². The van der Waals surface area contributed by atoms with Crippen molar-refractivity contribution in [2.24, 2.45) is 7.05 Å². The van der Waals surface area contributed by atoms with Gasteiger partial charge in [-0.25, -0.2) is 0 Å². The Labute approximate surface area is 99.7 Å². The summed E-state index contributed by atoms with van der Waals surface area (Å²) in [6.07, 6.45) is 1.83. The fourth-order valence-electron chi connectivity index (χ4n) is 2.17. The van der Waals surface area contributed by atoms with Crippen LogP contribution in [0.25, 0.3) is 22.2 Å². The minimum Gasteiger partial charge on any atom is -0.268 e. The Bertz CT molecular complexity index is 678. The second-order valence-electron chi connectivity index (χ2n) is 4.18. The summed E-state index contributed by atoms with van der Waals surface area (Å²) >= 11 is 0. The van der Waals surface area contributed by atoms with Gasteiger partial charge < -0.3 is 0 Å². The molecule has 0 bridgehead atoms. The first-order chi connectivity index (χ1) is 8.25. The largest absolute Gasteiger partial charge is 0.268 e. The van der Waals surface area contributed by atoms with Crippen LogP contribution in [0.3, 0.4) is 0 Å². The van der Waals surface area contributed by atoms with Crippen LogP contribution >= 0.6 is 0 Å². The average Bonchev–Trinajstić information content (AvgIpc) is 2.68. The second kappa shape index (κ2) is 3.70. The van der Waals surface area contributed by atoms with Gasteiger partial charge in [0.2, 0.25) is 0 Å². The van der Waals surface area contributed by atoms with E-state index in [2.05, 4.69) is 40.4 Å². The van der Waals surface area contributed by atoms with E-state index in [1.54, 1.807) is 0 Å². The van der Waals surface area contributed by atoms with Crippen LogP contribution in [0.5, 0.6) is 0 Å². The fraction of sp³-hybridized carbons (Fsp3) is 0.143. The van der Waals surface area contributed by atoms with Gasteiger partial charge in [0, 0.05) is 24.2 Å². The van der Waals surface area contributed by atoms with Crippen LogP contribution in [0.2, 0.25) is 0 Å². The van der Waals surface area contributed by atoms with Crippen LogP contribution in [-0.4, -0.2) is 14.8 Å². The van der Waals surface area contributed by atoms with Gasteiger partial charge in [-0.3, -0.25) is 9.67 Å². The molecule has 3 rings (SSSR count). The molecule has 2 aromatic heterocycles. The summed E-state index contributed by atoms with van der Waals surface area (Å²) < 4.78 is 1.90. The summed E-state index contributed by atoms with van der Waals surface area (Å²) in [5.41, 5.74) is 4.28. The van der Waals surface area contributed by atoms with E-state index in [1.165, 1.54) is 0 Å². The topological polar surface area (TPSA) is 30.7 Å². The number of pyridine rings is 1. The number of hydrogen-bond acceptors (Lipinski definition) is 2. The van der Waals surface area contributed by atoms with Gasteiger partial charge >= 0.3 is 0 Å². The maximum atomic E-state index is 4.47. The molecule has 0 atom stereocenters. The lowest BCUT2D eigenvalue weighted by atomic mass is 10.1. The van der Waals surface area contributed by atoms with E-state index < -0.39 is 0 Å². The molecule has 0 unspecified atom stereocenters. The maximum absolute atomic E-state index is 4.47. The molecule has 0 aliphatic rings. The molecule has 1 aromatic carbocycles. The van der Waals surface area contributed by atoms with E-state index in [9.17, 15) is 0 Å². The molecule has 3 nitrogen and oxygen atoms in total. The van der Waals surface area contributed by atoms with Crippen molar-refractivity contribution in [2.75, 3.05) is 0 Å².